The second-order valence-electron chi connectivity index (χ2n) is 4.73. The van der Waals surface area contributed by atoms with Crippen LogP contribution in [0.15, 0.2) is 30.3 Å². The lowest BCUT2D eigenvalue weighted by molar-refractivity contribution is -0.187. The van der Waals surface area contributed by atoms with Crippen LogP contribution in [0.4, 0.5) is 13.2 Å². The van der Waals surface area contributed by atoms with Crippen molar-refractivity contribution in [3.8, 4) is 0 Å². The van der Waals surface area contributed by atoms with E-state index in [4.69, 9.17) is 10.8 Å². The molecule has 2 unspecified atom stereocenters. The number of halogens is 3. The van der Waals surface area contributed by atoms with Crippen LogP contribution in [0.1, 0.15) is 24.9 Å². The Balaban J connectivity index is 2.98. The van der Waals surface area contributed by atoms with Crippen LogP contribution in [0, 0.1) is 0 Å². The SMILES string of the molecule is CC(N)(C(=O)NC(CC(=O)O)c1ccccc1)C(F)(F)F. The highest BCUT2D eigenvalue weighted by Gasteiger charge is 2.54. The van der Waals surface area contributed by atoms with Crippen LogP contribution in [-0.2, 0) is 9.59 Å². The van der Waals surface area contributed by atoms with E-state index in [1.807, 2.05) is 5.32 Å². The summed E-state index contributed by atoms with van der Waals surface area (Å²) in [5.74, 6) is -2.74. The van der Waals surface area contributed by atoms with Gasteiger partial charge in [-0.3, -0.25) is 9.59 Å². The molecule has 5 nitrogen and oxygen atoms in total. The van der Waals surface area contributed by atoms with Crippen molar-refractivity contribution < 1.29 is 27.9 Å². The minimum atomic E-state index is -4.94. The second-order valence-corrected chi connectivity index (χ2v) is 4.73. The lowest BCUT2D eigenvalue weighted by atomic mass is 9.98. The smallest absolute Gasteiger partial charge is 0.415 e. The number of nitrogens with two attached hydrogens (primary N) is 1. The molecule has 1 amide bonds. The Morgan fingerprint density at radius 3 is 2.24 bits per heavy atom. The van der Waals surface area contributed by atoms with Crippen LogP contribution >= 0.6 is 0 Å². The number of amides is 1. The molecule has 0 aromatic heterocycles. The summed E-state index contributed by atoms with van der Waals surface area (Å²) >= 11 is 0. The molecule has 0 radical (unpaired) electrons. The molecule has 0 bridgehead atoms. The average molecular weight is 304 g/mol. The lowest BCUT2D eigenvalue weighted by Gasteiger charge is -2.28. The number of carbonyl (C=O) groups is 2. The minimum Gasteiger partial charge on any atom is -0.481 e. The number of carbonyl (C=O) groups excluding carboxylic acids is 1. The third kappa shape index (κ3) is 4.19. The molecule has 0 heterocycles. The first-order valence-electron chi connectivity index (χ1n) is 5.99. The topological polar surface area (TPSA) is 92.4 Å². The molecule has 0 fully saturated rings. The van der Waals surface area contributed by atoms with Crippen LogP contribution in [-0.4, -0.2) is 28.7 Å². The number of hydrogen-bond donors (Lipinski definition) is 3. The van der Waals surface area contributed by atoms with E-state index in [9.17, 15) is 22.8 Å². The van der Waals surface area contributed by atoms with Crippen LogP contribution in [0.3, 0.4) is 0 Å². The summed E-state index contributed by atoms with van der Waals surface area (Å²) in [6, 6.07) is 6.75. The minimum absolute atomic E-state index is 0.381. The lowest BCUT2D eigenvalue weighted by Crippen LogP contribution is -2.61. The van der Waals surface area contributed by atoms with Gasteiger partial charge >= 0.3 is 12.1 Å². The monoisotopic (exact) mass is 304 g/mol. The van der Waals surface area contributed by atoms with Gasteiger partial charge in [-0.25, -0.2) is 0 Å². The number of carboxylic acids is 1. The van der Waals surface area contributed by atoms with Gasteiger partial charge in [0.15, 0.2) is 5.54 Å². The molecule has 4 N–H and O–H groups in total. The van der Waals surface area contributed by atoms with Gasteiger partial charge in [-0.2, -0.15) is 13.2 Å². The Bertz CT molecular complexity index is 515. The number of nitrogens with one attached hydrogen (secondary N) is 1. The van der Waals surface area contributed by atoms with Crippen LogP contribution in [0.25, 0.3) is 0 Å². The zero-order chi connectivity index (χ0) is 16.3. The summed E-state index contributed by atoms with van der Waals surface area (Å²) < 4.78 is 38.1. The number of hydrogen-bond acceptors (Lipinski definition) is 3. The summed E-state index contributed by atoms with van der Waals surface area (Å²) in [4.78, 5) is 22.5. The Morgan fingerprint density at radius 1 is 1.29 bits per heavy atom. The van der Waals surface area contributed by atoms with E-state index in [2.05, 4.69) is 0 Å². The van der Waals surface area contributed by atoms with Gasteiger partial charge < -0.3 is 16.2 Å². The zero-order valence-electron chi connectivity index (χ0n) is 11.1. The molecule has 116 valence electrons. The normalized spacial score (nSPS) is 15.9. The molecule has 8 heteroatoms. The molecular formula is C13H15F3N2O3. The molecule has 0 saturated carbocycles. The number of benzene rings is 1. The maximum atomic E-state index is 12.7. The Labute approximate surface area is 118 Å². The summed E-state index contributed by atoms with van der Waals surface area (Å²) in [5.41, 5.74) is 2.29. The number of aliphatic carboxylic acids is 1. The van der Waals surface area contributed by atoms with Crippen LogP contribution < -0.4 is 11.1 Å². The molecule has 0 saturated heterocycles. The van der Waals surface area contributed by atoms with Crippen LogP contribution in [0.5, 0.6) is 0 Å². The fourth-order valence-corrected chi connectivity index (χ4v) is 1.55. The maximum Gasteiger partial charge on any atom is 0.415 e. The highest BCUT2D eigenvalue weighted by molar-refractivity contribution is 5.87. The van der Waals surface area contributed by atoms with Crippen molar-refractivity contribution in [2.75, 3.05) is 0 Å². The summed E-state index contributed by atoms with van der Waals surface area (Å²) in [6.45, 7) is 0.533. The molecule has 1 aromatic rings. The van der Waals surface area contributed by atoms with Gasteiger partial charge in [0.25, 0.3) is 0 Å². The molecular weight excluding hydrogens is 289 g/mol. The van der Waals surface area contributed by atoms with E-state index in [0.29, 0.717) is 12.5 Å². The molecule has 1 rings (SSSR count). The quantitative estimate of drug-likeness (QED) is 0.770. The molecule has 0 spiro atoms. The predicted molar refractivity (Wildman–Crippen MR) is 68.2 cm³/mol. The van der Waals surface area contributed by atoms with Crippen molar-refractivity contribution in [1.82, 2.24) is 5.32 Å². The Kier molecular flexibility index (Phi) is 4.95. The summed E-state index contributed by atoms with van der Waals surface area (Å²) in [6.07, 6.45) is -5.49. The summed E-state index contributed by atoms with van der Waals surface area (Å²) in [7, 11) is 0. The first-order valence-corrected chi connectivity index (χ1v) is 5.99. The first-order chi connectivity index (χ1) is 9.55. The first kappa shape index (κ1) is 17.0. The Hall–Kier alpha value is -2.09. The molecule has 0 aliphatic heterocycles. The van der Waals surface area contributed by atoms with Gasteiger partial charge in [0.2, 0.25) is 5.91 Å². The van der Waals surface area contributed by atoms with Gasteiger partial charge in [0, 0.05) is 0 Å². The van der Waals surface area contributed by atoms with E-state index in [-0.39, 0.29) is 0 Å². The Morgan fingerprint density at radius 2 is 1.81 bits per heavy atom. The van der Waals surface area contributed by atoms with Gasteiger partial charge in [-0.15, -0.1) is 0 Å². The molecule has 1 aromatic carbocycles. The fourth-order valence-electron chi connectivity index (χ4n) is 1.55. The zero-order valence-corrected chi connectivity index (χ0v) is 11.1. The fraction of sp³-hybridized carbons (Fsp3) is 0.385. The van der Waals surface area contributed by atoms with Crippen molar-refractivity contribution in [2.24, 2.45) is 5.73 Å². The van der Waals surface area contributed by atoms with Gasteiger partial charge in [-0.1, -0.05) is 30.3 Å². The van der Waals surface area contributed by atoms with Crippen molar-refractivity contribution in [1.29, 1.82) is 0 Å². The maximum absolute atomic E-state index is 12.7. The third-order valence-electron chi connectivity index (χ3n) is 2.95. The van der Waals surface area contributed by atoms with Gasteiger partial charge in [0.05, 0.1) is 12.5 Å². The third-order valence-corrected chi connectivity index (χ3v) is 2.95. The average Bonchev–Trinajstić information content (AvgIpc) is 2.37. The molecule has 2 atom stereocenters. The highest BCUT2D eigenvalue weighted by atomic mass is 19.4. The van der Waals surface area contributed by atoms with E-state index < -0.39 is 36.1 Å². The molecule has 0 aliphatic rings. The van der Waals surface area contributed by atoms with Crippen molar-refractivity contribution in [2.45, 2.75) is 31.1 Å². The molecule has 0 aliphatic carbocycles. The van der Waals surface area contributed by atoms with E-state index in [1.165, 1.54) is 12.1 Å². The van der Waals surface area contributed by atoms with Crippen LogP contribution in [0.2, 0.25) is 0 Å². The predicted octanol–water partition coefficient (Wildman–Crippen LogP) is 1.60. The highest BCUT2D eigenvalue weighted by Crippen LogP contribution is 2.29. The largest absolute Gasteiger partial charge is 0.481 e. The van der Waals surface area contributed by atoms with Crippen molar-refractivity contribution >= 4 is 11.9 Å². The van der Waals surface area contributed by atoms with Gasteiger partial charge in [-0.05, 0) is 12.5 Å². The molecule has 21 heavy (non-hydrogen) atoms. The number of alkyl halides is 3. The second kappa shape index (κ2) is 6.13. The number of carboxylic acid groups (broad SMARTS) is 1. The number of rotatable bonds is 5. The van der Waals surface area contributed by atoms with Crippen molar-refractivity contribution in [3.63, 3.8) is 0 Å². The van der Waals surface area contributed by atoms with E-state index in [1.54, 1.807) is 18.2 Å². The van der Waals surface area contributed by atoms with E-state index in [0.717, 1.165) is 0 Å². The van der Waals surface area contributed by atoms with Gasteiger partial charge in [0.1, 0.15) is 0 Å². The summed E-state index contributed by atoms with van der Waals surface area (Å²) in [5, 5.41) is 10.9. The standard InChI is InChI=1S/C13H15F3N2O3/c1-12(17,13(14,15)16)11(21)18-9(7-10(19)20)8-5-3-2-4-6-8/h2-6,9H,7,17H2,1H3,(H,18,21)(H,19,20). The van der Waals surface area contributed by atoms with Crippen molar-refractivity contribution in [3.05, 3.63) is 35.9 Å². The van der Waals surface area contributed by atoms with E-state index >= 15 is 0 Å².